The lowest BCUT2D eigenvalue weighted by atomic mass is 9.81. The van der Waals surface area contributed by atoms with Crippen LogP contribution in [0.4, 0.5) is 42.0 Å². The van der Waals surface area contributed by atoms with Gasteiger partial charge in [0.15, 0.2) is 5.13 Å². The Morgan fingerprint density at radius 3 is 2.31 bits per heavy atom. The Balaban J connectivity index is 1.42. The summed E-state index contributed by atoms with van der Waals surface area (Å²) in [6.07, 6.45) is 0.476. The maximum atomic E-state index is 13.9. The minimum absolute atomic E-state index is 0.0384. The molecule has 1 unspecified atom stereocenters. The van der Waals surface area contributed by atoms with E-state index in [0.717, 1.165) is 31.2 Å². The zero-order valence-electron chi connectivity index (χ0n) is 26.4. The van der Waals surface area contributed by atoms with Gasteiger partial charge < -0.3 is 10.4 Å². The molecule has 1 saturated carbocycles. The second-order valence-electron chi connectivity index (χ2n) is 12.6. The summed E-state index contributed by atoms with van der Waals surface area (Å²) in [6.45, 7) is 1.86. The van der Waals surface area contributed by atoms with Gasteiger partial charge in [-0.25, -0.2) is 9.78 Å². The van der Waals surface area contributed by atoms with Gasteiger partial charge in [-0.2, -0.15) is 26.3 Å². The number of fused-ring (bicyclic) bond motifs is 1. The third-order valence-electron chi connectivity index (χ3n) is 8.72. The number of anilines is 2. The van der Waals surface area contributed by atoms with Crippen LogP contribution in [-0.2, 0) is 21.9 Å². The van der Waals surface area contributed by atoms with Crippen molar-refractivity contribution in [3.05, 3.63) is 76.9 Å². The van der Waals surface area contributed by atoms with E-state index in [0.29, 0.717) is 41.0 Å². The van der Waals surface area contributed by atoms with E-state index in [1.54, 1.807) is 30.4 Å². The molecule has 8 nitrogen and oxygen atoms in total. The number of carboxylic acids is 1. The van der Waals surface area contributed by atoms with E-state index in [1.165, 1.54) is 11.3 Å². The van der Waals surface area contributed by atoms with Crippen molar-refractivity contribution in [3.63, 3.8) is 0 Å². The number of allylic oxidation sites excluding steroid dienone is 1. The van der Waals surface area contributed by atoms with Crippen LogP contribution in [0.15, 0.2) is 60.2 Å². The van der Waals surface area contributed by atoms with E-state index in [-0.39, 0.29) is 30.7 Å². The van der Waals surface area contributed by atoms with Crippen molar-refractivity contribution in [3.8, 4) is 0 Å². The number of amides is 3. The predicted molar refractivity (Wildman–Crippen MR) is 173 cm³/mol. The first kappa shape index (κ1) is 35.9. The van der Waals surface area contributed by atoms with E-state index < -0.39 is 57.0 Å². The quantitative estimate of drug-likeness (QED) is 0.192. The van der Waals surface area contributed by atoms with Gasteiger partial charge in [-0.1, -0.05) is 67.9 Å². The minimum Gasteiger partial charge on any atom is -0.481 e. The van der Waals surface area contributed by atoms with Gasteiger partial charge in [0.25, 0.3) is 5.91 Å². The number of carboxylic acid groups (broad SMARTS) is 1. The largest absolute Gasteiger partial charge is 0.481 e. The minimum atomic E-state index is -5.10. The number of hydrogen-bond donors (Lipinski definition) is 3. The lowest BCUT2D eigenvalue weighted by molar-refractivity contribution is -0.142. The number of hydrogen-bond acceptors (Lipinski definition) is 5. The Morgan fingerprint density at radius 1 is 1.02 bits per heavy atom. The zero-order valence-corrected chi connectivity index (χ0v) is 27.2. The second-order valence-corrected chi connectivity index (χ2v) is 13.6. The number of aromatic nitrogens is 1. The number of nitrogens with zero attached hydrogens (tertiary/aromatic N) is 2. The molecule has 3 aromatic rings. The van der Waals surface area contributed by atoms with Crippen LogP contribution in [0.2, 0.25) is 0 Å². The highest BCUT2D eigenvalue weighted by atomic mass is 32.1. The van der Waals surface area contributed by atoms with Crippen LogP contribution >= 0.6 is 11.3 Å². The number of urea groups is 1. The van der Waals surface area contributed by atoms with E-state index in [4.69, 9.17) is 5.11 Å². The molecule has 1 fully saturated rings. The maximum absolute atomic E-state index is 13.9. The van der Waals surface area contributed by atoms with Gasteiger partial charge >= 0.3 is 24.4 Å². The number of benzene rings is 2. The third kappa shape index (κ3) is 8.80. The molecule has 1 heterocycles. The highest BCUT2D eigenvalue weighted by Gasteiger charge is 2.39. The van der Waals surface area contributed by atoms with Crippen molar-refractivity contribution in [1.82, 2.24) is 10.3 Å². The monoisotopic (exact) mass is 708 g/mol. The van der Waals surface area contributed by atoms with Crippen LogP contribution in [0.25, 0.3) is 10.2 Å². The van der Waals surface area contributed by atoms with Crippen molar-refractivity contribution in [2.45, 2.75) is 70.1 Å². The third-order valence-corrected chi connectivity index (χ3v) is 9.74. The van der Waals surface area contributed by atoms with Gasteiger partial charge in [0.1, 0.15) is 0 Å². The second kappa shape index (κ2) is 14.2. The molecule has 1 aromatic heterocycles. The highest BCUT2D eigenvalue weighted by molar-refractivity contribution is 7.22. The summed E-state index contributed by atoms with van der Waals surface area (Å²) in [4.78, 5) is 42.5. The number of halogens is 6. The van der Waals surface area contributed by atoms with Gasteiger partial charge in [0.05, 0.1) is 27.8 Å². The van der Waals surface area contributed by atoms with Gasteiger partial charge in [0, 0.05) is 29.8 Å². The molecule has 0 aliphatic heterocycles. The summed E-state index contributed by atoms with van der Waals surface area (Å²) < 4.78 is 81.2. The fourth-order valence-corrected chi connectivity index (χ4v) is 7.03. The Bertz CT molecular complexity index is 1780. The van der Waals surface area contributed by atoms with Gasteiger partial charge in [-0.05, 0) is 55.0 Å². The number of carbonyl (C=O) groups excluding carboxylic acids is 2. The molecule has 0 spiro atoms. The first-order valence-corrected chi connectivity index (χ1v) is 16.5. The molecule has 2 aromatic carbocycles. The summed E-state index contributed by atoms with van der Waals surface area (Å²) in [6, 6.07) is 7.25. The molecule has 0 bridgehead atoms. The molecule has 5 rings (SSSR count). The summed E-state index contributed by atoms with van der Waals surface area (Å²) in [5, 5.41) is 13.6. The van der Waals surface area contributed by atoms with Crippen molar-refractivity contribution in [2.24, 2.45) is 5.41 Å². The Labute approximate surface area is 281 Å². The van der Waals surface area contributed by atoms with Crippen LogP contribution in [0, 0.1) is 5.41 Å². The van der Waals surface area contributed by atoms with Crippen LogP contribution in [0.1, 0.15) is 74.5 Å². The van der Waals surface area contributed by atoms with Gasteiger partial charge in [0.2, 0.25) is 0 Å². The van der Waals surface area contributed by atoms with E-state index in [1.807, 2.05) is 19.1 Å². The number of thiazole rings is 1. The van der Waals surface area contributed by atoms with Crippen molar-refractivity contribution in [2.75, 3.05) is 23.3 Å². The molecule has 2 aliphatic rings. The zero-order chi connectivity index (χ0) is 35.6. The van der Waals surface area contributed by atoms with E-state index in [9.17, 15) is 40.7 Å². The number of nitrogens with one attached hydrogen (secondary N) is 2. The molecule has 1 atom stereocenters. The fraction of sp³-hybridized carbons (Fsp3) is 0.412. The standard InChI is InChI=1S/C34H34F6N4O4S/c1-32(14-11-22(12-15-32)29(47)41-16-13-27(45)46)19-44(24-9-7-21(8-10-24)20-5-3-2-4-6-20)31(48)43-30-42-26-18-23(33(35,36)37)17-25(28(26)49-30)34(38,39)40/h7-12,14,17-18,20H,2-6,13,15-16,19H2,1H3,(H,41,47)(H,45,46)(H,42,43,48). The molecule has 15 heteroatoms. The molecule has 262 valence electrons. The summed E-state index contributed by atoms with van der Waals surface area (Å²) >= 11 is 0.427. The van der Waals surface area contributed by atoms with Gasteiger partial charge in [-0.3, -0.25) is 19.8 Å². The molecule has 2 aliphatic carbocycles. The lowest BCUT2D eigenvalue weighted by Crippen LogP contribution is -2.42. The maximum Gasteiger partial charge on any atom is 0.417 e. The molecular weight excluding hydrogens is 674 g/mol. The average Bonchev–Trinajstić information content (AvgIpc) is 3.45. The number of rotatable bonds is 9. The average molecular weight is 709 g/mol. The van der Waals surface area contributed by atoms with Crippen LogP contribution in [0.3, 0.4) is 0 Å². The molecule has 49 heavy (non-hydrogen) atoms. The molecule has 3 amide bonds. The SMILES string of the molecule is CC1(CN(C(=O)Nc2nc3cc(C(F)(F)F)cc(C(F)(F)F)c3s2)c2ccc(C3CCCCC3)cc2)C=CC(C(=O)NCCC(=O)O)=CC1. The first-order chi connectivity index (χ1) is 23.0. The summed E-state index contributed by atoms with van der Waals surface area (Å²) in [5.74, 6) is -1.11. The van der Waals surface area contributed by atoms with Gasteiger partial charge in [-0.15, -0.1) is 0 Å². The van der Waals surface area contributed by atoms with Crippen molar-refractivity contribution < 1.29 is 45.8 Å². The van der Waals surface area contributed by atoms with Crippen molar-refractivity contribution in [1.29, 1.82) is 0 Å². The molecule has 0 radical (unpaired) electrons. The first-order valence-electron chi connectivity index (χ1n) is 15.7. The Morgan fingerprint density at radius 2 is 1.71 bits per heavy atom. The molecular formula is C34H34F6N4O4S. The van der Waals surface area contributed by atoms with Crippen LogP contribution in [-0.4, -0.2) is 41.1 Å². The van der Waals surface area contributed by atoms with E-state index >= 15 is 0 Å². The Hall–Kier alpha value is -4.40. The van der Waals surface area contributed by atoms with Crippen molar-refractivity contribution >= 4 is 50.3 Å². The fourth-order valence-electron chi connectivity index (χ4n) is 6.06. The summed E-state index contributed by atoms with van der Waals surface area (Å²) in [5.41, 5.74) is -2.35. The Kier molecular flexibility index (Phi) is 10.4. The smallest absolute Gasteiger partial charge is 0.417 e. The number of aliphatic carboxylic acids is 1. The topological polar surface area (TPSA) is 112 Å². The van der Waals surface area contributed by atoms with E-state index in [2.05, 4.69) is 15.6 Å². The molecule has 3 N–H and O–H groups in total. The highest BCUT2D eigenvalue weighted by Crippen LogP contribution is 2.43. The summed E-state index contributed by atoms with van der Waals surface area (Å²) in [7, 11) is 0. The molecule has 0 saturated heterocycles. The normalized spacial score (nSPS) is 18.6. The van der Waals surface area contributed by atoms with Crippen LogP contribution in [0.5, 0.6) is 0 Å². The number of carbonyl (C=O) groups is 3. The predicted octanol–water partition coefficient (Wildman–Crippen LogP) is 8.90. The van der Waals surface area contributed by atoms with Crippen LogP contribution < -0.4 is 15.5 Å². The number of alkyl halides is 6. The lowest BCUT2D eigenvalue weighted by Gasteiger charge is -2.34.